The molecule has 1 aliphatic rings. The first-order chi connectivity index (χ1) is 7.79. The molecule has 1 saturated carbocycles. The van der Waals surface area contributed by atoms with Crippen LogP contribution in [0, 0.1) is 11.7 Å². The van der Waals surface area contributed by atoms with Gasteiger partial charge >= 0.3 is 0 Å². The van der Waals surface area contributed by atoms with E-state index in [9.17, 15) is 4.39 Å². The molecule has 0 atom stereocenters. The second-order valence-electron chi connectivity index (χ2n) is 4.37. The highest BCUT2D eigenvalue weighted by Crippen LogP contribution is 2.30. The topological polar surface area (TPSA) is 21.3 Å². The summed E-state index contributed by atoms with van der Waals surface area (Å²) in [7, 11) is 1.89. The normalized spacial score (nSPS) is 15.1. The molecule has 3 heteroatoms. The van der Waals surface area contributed by atoms with Gasteiger partial charge in [-0.15, -0.1) is 0 Å². The fourth-order valence-electron chi connectivity index (χ4n) is 1.58. The zero-order valence-electron chi connectivity index (χ0n) is 9.63. The van der Waals surface area contributed by atoms with Crippen LogP contribution in [0.15, 0.2) is 18.2 Å². The molecule has 2 nitrogen and oxygen atoms in total. The third-order valence-corrected chi connectivity index (χ3v) is 2.83. The van der Waals surface area contributed by atoms with Crippen molar-refractivity contribution in [1.29, 1.82) is 0 Å². The molecule has 1 aromatic rings. The van der Waals surface area contributed by atoms with Crippen LogP contribution in [0.25, 0.3) is 0 Å². The van der Waals surface area contributed by atoms with E-state index in [1.807, 2.05) is 13.1 Å². The Kier molecular flexibility index (Phi) is 3.78. The fraction of sp³-hybridized carbons (Fsp3) is 0.538. The van der Waals surface area contributed by atoms with Gasteiger partial charge in [0, 0.05) is 0 Å². The summed E-state index contributed by atoms with van der Waals surface area (Å²) in [4.78, 5) is 0. The van der Waals surface area contributed by atoms with E-state index in [-0.39, 0.29) is 5.82 Å². The minimum atomic E-state index is -0.241. The monoisotopic (exact) mass is 223 g/mol. The lowest BCUT2D eigenvalue weighted by atomic mass is 10.1. The second kappa shape index (κ2) is 5.30. The van der Waals surface area contributed by atoms with Gasteiger partial charge in [-0.1, -0.05) is 6.07 Å². The summed E-state index contributed by atoms with van der Waals surface area (Å²) in [5, 5.41) is 3.04. The van der Waals surface area contributed by atoms with E-state index in [0.29, 0.717) is 18.3 Å². The summed E-state index contributed by atoms with van der Waals surface area (Å²) in [6, 6.07) is 5.24. The largest absolute Gasteiger partial charge is 0.490 e. The Morgan fingerprint density at radius 2 is 2.25 bits per heavy atom. The molecule has 88 valence electrons. The van der Waals surface area contributed by atoms with Crippen molar-refractivity contribution >= 4 is 0 Å². The van der Waals surface area contributed by atoms with E-state index >= 15 is 0 Å². The maximum Gasteiger partial charge on any atom is 0.165 e. The number of nitrogens with one attached hydrogen (secondary N) is 1. The number of likely N-dealkylation sites (N-methyl/N-ethyl adjacent to an activating group) is 1. The molecule has 0 saturated heterocycles. The molecule has 1 N–H and O–H groups in total. The maximum absolute atomic E-state index is 13.6. The van der Waals surface area contributed by atoms with E-state index in [4.69, 9.17) is 4.74 Å². The Bertz CT molecular complexity index is 350. The number of rotatable bonds is 6. The molecule has 0 bridgehead atoms. The van der Waals surface area contributed by atoms with Gasteiger partial charge in [0.1, 0.15) is 0 Å². The van der Waals surface area contributed by atoms with Gasteiger partial charge in [0.2, 0.25) is 0 Å². The molecular formula is C13H18FNO. The van der Waals surface area contributed by atoms with Gasteiger partial charge in [-0.25, -0.2) is 4.39 Å². The highest BCUT2D eigenvalue weighted by molar-refractivity contribution is 5.29. The van der Waals surface area contributed by atoms with E-state index in [1.54, 1.807) is 12.1 Å². The second-order valence-corrected chi connectivity index (χ2v) is 4.37. The van der Waals surface area contributed by atoms with Gasteiger partial charge in [-0.05, 0) is 56.5 Å². The molecule has 0 aromatic heterocycles. The molecule has 16 heavy (non-hydrogen) atoms. The van der Waals surface area contributed by atoms with Gasteiger partial charge in [0.15, 0.2) is 11.6 Å². The highest BCUT2D eigenvalue weighted by Gasteiger charge is 2.22. The van der Waals surface area contributed by atoms with Crippen LogP contribution in [0.5, 0.6) is 5.75 Å². The molecule has 0 spiro atoms. The standard InChI is InChI=1S/C13H18FNO/c1-15-7-6-10-4-5-13(12(14)8-10)16-9-11-2-3-11/h4-5,8,11,15H,2-3,6-7,9H2,1H3. The number of hydrogen-bond acceptors (Lipinski definition) is 2. The molecular weight excluding hydrogens is 205 g/mol. The average molecular weight is 223 g/mol. The minimum absolute atomic E-state index is 0.241. The number of benzene rings is 1. The molecule has 2 rings (SSSR count). The van der Waals surface area contributed by atoms with Crippen LogP contribution in [0.2, 0.25) is 0 Å². The molecule has 0 unspecified atom stereocenters. The molecule has 1 aliphatic carbocycles. The van der Waals surface area contributed by atoms with Crippen LogP contribution in [-0.2, 0) is 6.42 Å². The number of halogens is 1. The predicted molar refractivity (Wildman–Crippen MR) is 62.2 cm³/mol. The summed E-state index contributed by atoms with van der Waals surface area (Å²) in [6.07, 6.45) is 3.29. The van der Waals surface area contributed by atoms with Crippen molar-refractivity contribution in [2.24, 2.45) is 5.92 Å². The smallest absolute Gasteiger partial charge is 0.165 e. The van der Waals surface area contributed by atoms with Crippen LogP contribution in [-0.4, -0.2) is 20.2 Å². The van der Waals surface area contributed by atoms with Gasteiger partial charge in [-0.2, -0.15) is 0 Å². The van der Waals surface area contributed by atoms with E-state index in [0.717, 1.165) is 18.5 Å². The highest BCUT2D eigenvalue weighted by atomic mass is 19.1. The number of hydrogen-bond donors (Lipinski definition) is 1. The number of ether oxygens (including phenoxy) is 1. The van der Waals surface area contributed by atoms with Gasteiger partial charge in [-0.3, -0.25) is 0 Å². The van der Waals surface area contributed by atoms with Crippen molar-refractivity contribution in [3.63, 3.8) is 0 Å². The zero-order chi connectivity index (χ0) is 11.4. The average Bonchev–Trinajstić information content (AvgIpc) is 3.09. The Morgan fingerprint density at radius 3 is 2.88 bits per heavy atom. The van der Waals surface area contributed by atoms with Gasteiger partial charge in [0.25, 0.3) is 0 Å². The molecule has 0 amide bonds. The van der Waals surface area contributed by atoms with Crippen molar-refractivity contribution in [2.45, 2.75) is 19.3 Å². The summed E-state index contributed by atoms with van der Waals surface area (Å²) < 4.78 is 19.0. The summed E-state index contributed by atoms with van der Waals surface area (Å²) in [6.45, 7) is 1.52. The van der Waals surface area contributed by atoms with Gasteiger partial charge < -0.3 is 10.1 Å². The summed E-state index contributed by atoms with van der Waals surface area (Å²) in [5.74, 6) is 0.803. The SMILES string of the molecule is CNCCc1ccc(OCC2CC2)c(F)c1. The minimum Gasteiger partial charge on any atom is -0.490 e. The third-order valence-electron chi connectivity index (χ3n) is 2.83. The van der Waals surface area contributed by atoms with Crippen molar-refractivity contribution in [3.8, 4) is 5.75 Å². The lowest BCUT2D eigenvalue weighted by molar-refractivity contribution is 0.285. The molecule has 1 fully saturated rings. The lowest BCUT2D eigenvalue weighted by Gasteiger charge is -2.08. The Morgan fingerprint density at radius 1 is 1.44 bits per heavy atom. The Hall–Kier alpha value is -1.09. The Balaban J connectivity index is 1.92. The van der Waals surface area contributed by atoms with E-state index in [1.165, 1.54) is 12.8 Å². The lowest BCUT2D eigenvalue weighted by Crippen LogP contribution is -2.10. The van der Waals surface area contributed by atoms with Crippen molar-refractivity contribution in [3.05, 3.63) is 29.6 Å². The molecule has 1 aromatic carbocycles. The molecule has 0 heterocycles. The first-order valence-corrected chi connectivity index (χ1v) is 5.85. The molecule has 0 radical (unpaired) electrons. The van der Waals surface area contributed by atoms with Crippen molar-refractivity contribution in [2.75, 3.05) is 20.2 Å². The summed E-state index contributed by atoms with van der Waals surface area (Å²) in [5.41, 5.74) is 1.01. The fourth-order valence-corrected chi connectivity index (χ4v) is 1.58. The molecule has 0 aliphatic heterocycles. The predicted octanol–water partition coefficient (Wildman–Crippen LogP) is 2.38. The van der Waals surface area contributed by atoms with E-state index < -0.39 is 0 Å². The van der Waals surface area contributed by atoms with Gasteiger partial charge in [0.05, 0.1) is 6.61 Å². The first-order valence-electron chi connectivity index (χ1n) is 5.85. The van der Waals surface area contributed by atoms with Crippen LogP contribution in [0.4, 0.5) is 4.39 Å². The van der Waals surface area contributed by atoms with Crippen molar-refractivity contribution in [1.82, 2.24) is 5.32 Å². The quantitative estimate of drug-likeness (QED) is 0.799. The maximum atomic E-state index is 13.6. The third kappa shape index (κ3) is 3.20. The summed E-state index contributed by atoms with van der Waals surface area (Å²) >= 11 is 0. The van der Waals surface area contributed by atoms with Crippen LogP contribution >= 0.6 is 0 Å². The Labute approximate surface area is 95.8 Å². The van der Waals surface area contributed by atoms with Crippen LogP contribution in [0.3, 0.4) is 0 Å². The van der Waals surface area contributed by atoms with Crippen LogP contribution < -0.4 is 10.1 Å². The van der Waals surface area contributed by atoms with Crippen LogP contribution in [0.1, 0.15) is 18.4 Å². The zero-order valence-corrected chi connectivity index (χ0v) is 9.63. The first kappa shape index (κ1) is 11.4. The van der Waals surface area contributed by atoms with E-state index in [2.05, 4.69) is 5.32 Å². The van der Waals surface area contributed by atoms with Crippen molar-refractivity contribution < 1.29 is 9.13 Å².